The Morgan fingerprint density at radius 1 is 1.22 bits per heavy atom. The average Bonchev–Trinajstić information content (AvgIpc) is 2.35. The van der Waals surface area contributed by atoms with Crippen molar-refractivity contribution in [3.05, 3.63) is 29.3 Å². The van der Waals surface area contributed by atoms with Crippen LogP contribution in [-0.4, -0.2) is 18.4 Å². The van der Waals surface area contributed by atoms with E-state index in [1.54, 1.807) is 6.92 Å². The molecule has 0 saturated carbocycles. The second-order valence-corrected chi connectivity index (χ2v) is 4.09. The first-order chi connectivity index (χ1) is 8.30. The number of alkyl halides is 3. The van der Waals surface area contributed by atoms with Crippen molar-refractivity contribution < 1.29 is 23.0 Å². The van der Waals surface area contributed by atoms with Crippen molar-refractivity contribution in [2.45, 2.75) is 38.5 Å². The standard InChI is InChI=1S/C13H17F3O2/c1-4-9-8-10(18-3)6-7-11(9)12(17,5-2)13(14,15)16/h6-8,17H,4-5H2,1-3H3. The van der Waals surface area contributed by atoms with E-state index < -0.39 is 18.2 Å². The van der Waals surface area contributed by atoms with Crippen LogP contribution in [-0.2, 0) is 12.0 Å². The molecule has 0 bridgehead atoms. The first kappa shape index (κ1) is 14.8. The number of halogens is 3. The summed E-state index contributed by atoms with van der Waals surface area (Å²) in [4.78, 5) is 0. The van der Waals surface area contributed by atoms with Crippen LogP contribution in [0.25, 0.3) is 0 Å². The molecule has 0 amide bonds. The van der Waals surface area contributed by atoms with E-state index in [1.165, 1.54) is 32.2 Å². The fraction of sp³-hybridized carbons (Fsp3) is 0.538. The Bertz CT molecular complexity index is 415. The third kappa shape index (κ3) is 2.46. The van der Waals surface area contributed by atoms with Gasteiger partial charge in [-0.3, -0.25) is 0 Å². The summed E-state index contributed by atoms with van der Waals surface area (Å²) < 4.78 is 44.0. The zero-order chi connectivity index (χ0) is 14.0. The molecule has 0 aliphatic carbocycles. The molecule has 0 aromatic heterocycles. The summed E-state index contributed by atoms with van der Waals surface area (Å²) in [6, 6.07) is 4.25. The molecule has 0 spiro atoms. The summed E-state index contributed by atoms with van der Waals surface area (Å²) in [6.07, 6.45) is -4.72. The Labute approximate surface area is 104 Å². The van der Waals surface area contributed by atoms with Crippen molar-refractivity contribution in [2.24, 2.45) is 0 Å². The minimum atomic E-state index is -4.69. The molecular formula is C13H17F3O2. The fourth-order valence-corrected chi connectivity index (χ4v) is 1.94. The molecule has 1 aromatic carbocycles. The minimum absolute atomic E-state index is 0.0965. The molecule has 0 saturated heterocycles. The van der Waals surface area contributed by atoms with Gasteiger partial charge in [0.15, 0.2) is 5.60 Å². The molecule has 1 atom stereocenters. The highest BCUT2D eigenvalue weighted by Gasteiger charge is 2.54. The third-order valence-electron chi connectivity index (χ3n) is 3.12. The van der Waals surface area contributed by atoms with Gasteiger partial charge in [-0.05, 0) is 36.1 Å². The molecule has 1 unspecified atom stereocenters. The van der Waals surface area contributed by atoms with Gasteiger partial charge in [0.1, 0.15) is 5.75 Å². The highest BCUT2D eigenvalue weighted by atomic mass is 19.4. The first-order valence-electron chi connectivity index (χ1n) is 5.76. The topological polar surface area (TPSA) is 29.5 Å². The molecule has 0 heterocycles. The molecule has 0 aliphatic rings. The van der Waals surface area contributed by atoms with Gasteiger partial charge in [-0.25, -0.2) is 0 Å². The van der Waals surface area contributed by atoms with Gasteiger partial charge < -0.3 is 9.84 Å². The zero-order valence-corrected chi connectivity index (χ0v) is 10.6. The summed E-state index contributed by atoms with van der Waals surface area (Å²) in [5.41, 5.74) is -2.46. The van der Waals surface area contributed by atoms with Crippen molar-refractivity contribution in [1.82, 2.24) is 0 Å². The van der Waals surface area contributed by atoms with Crippen molar-refractivity contribution >= 4 is 0 Å². The van der Waals surface area contributed by atoms with Crippen LogP contribution in [0, 0.1) is 0 Å². The van der Waals surface area contributed by atoms with Crippen molar-refractivity contribution in [3.63, 3.8) is 0 Å². The van der Waals surface area contributed by atoms with E-state index in [4.69, 9.17) is 4.74 Å². The molecule has 102 valence electrons. The van der Waals surface area contributed by atoms with Gasteiger partial charge >= 0.3 is 6.18 Å². The Hall–Kier alpha value is -1.23. The molecule has 5 heteroatoms. The van der Waals surface area contributed by atoms with Crippen LogP contribution in [0.5, 0.6) is 5.75 Å². The normalized spacial score (nSPS) is 15.3. The lowest BCUT2D eigenvalue weighted by molar-refractivity contribution is -0.268. The fourth-order valence-electron chi connectivity index (χ4n) is 1.94. The molecular weight excluding hydrogens is 245 g/mol. The highest BCUT2D eigenvalue weighted by molar-refractivity contribution is 5.40. The van der Waals surface area contributed by atoms with Crippen LogP contribution >= 0.6 is 0 Å². The van der Waals surface area contributed by atoms with Crippen LogP contribution in [0.4, 0.5) is 13.2 Å². The molecule has 18 heavy (non-hydrogen) atoms. The summed E-state index contributed by atoms with van der Waals surface area (Å²) in [6.45, 7) is 3.06. The zero-order valence-electron chi connectivity index (χ0n) is 10.6. The van der Waals surface area contributed by atoms with Gasteiger partial charge in [0.25, 0.3) is 0 Å². The minimum Gasteiger partial charge on any atom is -0.497 e. The summed E-state index contributed by atoms with van der Waals surface area (Å²) >= 11 is 0. The van der Waals surface area contributed by atoms with E-state index in [2.05, 4.69) is 0 Å². The number of aliphatic hydroxyl groups is 1. The Kier molecular flexibility index (Phi) is 4.27. The first-order valence-corrected chi connectivity index (χ1v) is 5.76. The van der Waals surface area contributed by atoms with Crippen molar-refractivity contribution in [2.75, 3.05) is 7.11 Å². The maximum atomic E-state index is 13.0. The van der Waals surface area contributed by atoms with Gasteiger partial charge in [0, 0.05) is 0 Å². The van der Waals surface area contributed by atoms with Crippen LogP contribution in [0.3, 0.4) is 0 Å². The van der Waals surface area contributed by atoms with E-state index in [-0.39, 0.29) is 5.56 Å². The van der Waals surface area contributed by atoms with Crippen LogP contribution in [0.1, 0.15) is 31.4 Å². The predicted molar refractivity (Wildman–Crippen MR) is 62.6 cm³/mol. The molecule has 0 radical (unpaired) electrons. The lowest BCUT2D eigenvalue weighted by Gasteiger charge is -2.31. The monoisotopic (exact) mass is 262 g/mol. The SMILES string of the molecule is CCc1cc(OC)ccc1C(O)(CC)C(F)(F)F. The van der Waals surface area contributed by atoms with Gasteiger partial charge in [0.05, 0.1) is 7.11 Å². The molecule has 2 nitrogen and oxygen atoms in total. The Morgan fingerprint density at radius 2 is 1.83 bits per heavy atom. The molecule has 1 rings (SSSR count). The maximum Gasteiger partial charge on any atom is 0.421 e. The van der Waals surface area contributed by atoms with Gasteiger partial charge in [-0.1, -0.05) is 19.9 Å². The number of hydrogen-bond donors (Lipinski definition) is 1. The largest absolute Gasteiger partial charge is 0.497 e. The second kappa shape index (κ2) is 5.18. The smallest absolute Gasteiger partial charge is 0.421 e. The third-order valence-corrected chi connectivity index (χ3v) is 3.12. The second-order valence-electron chi connectivity index (χ2n) is 4.09. The Morgan fingerprint density at radius 3 is 2.22 bits per heavy atom. The number of rotatable bonds is 4. The van der Waals surface area contributed by atoms with E-state index in [1.807, 2.05) is 0 Å². The van der Waals surface area contributed by atoms with Crippen LogP contribution in [0.15, 0.2) is 18.2 Å². The maximum absolute atomic E-state index is 13.0. The molecule has 1 aromatic rings. The number of ether oxygens (including phenoxy) is 1. The quantitative estimate of drug-likeness (QED) is 0.901. The lowest BCUT2D eigenvalue weighted by Crippen LogP contribution is -2.42. The Balaban J connectivity index is 3.38. The summed E-state index contributed by atoms with van der Waals surface area (Å²) in [5, 5.41) is 9.94. The average molecular weight is 262 g/mol. The van der Waals surface area contributed by atoms with Gasteiger partial charge in [0.2, 0.25) is 0 Å². The predicted octanol–water partition coefficient (Wildman–Crippen LogP) is 3.42. The summed E-state index contributed by atoms with van der Waals surface area (Å²) in [7, 11) is 1.45. The van der Waals surface area contributed by atoms with Crippen LogP contribution < -0.4 is 4.74 Å². The molecule has 1 N–H and O–H groups in total. The van der Waals surface area contributed by atoms with Gasteiger partial charge in [-0.2, -0.15) is 13.2 Å². The number of hydrogen-bond acceptors (Lipinski definition) is 2. The van der Waals surface area contributed by atoms with Gasteiger partial charge in [-0.15, -0.1) is 0 Å². The molecule has 0 fully saturated rings. The number of benzene rings is 1. The highest BCUT2D eigenvalue weighted by Crippen LogP contribution is 2.43. The number of methoxy groups -OCH3 is 1. The van der Waals surface area contributed by atoms with E-state index in [9.17, 15) is 18.3 Å². The lowest BCUT2D eigenvalue weighted by atomic mass is 9.86. The van der Waals surface area contributed by atoms with Crippen LogP contribution in [0.2, 0.25) is 0 Å². The summed E-state index contributed by atoms with van der Waals surface area (Å²) in [5.74, 6) is 0.483. The van der Waals surface area contributed by atoms with Crippen molar-refractivity contribution in [1.29, 1.82) is 0 Å². The van der Waals surface area contributed by atoms with E-state index >= 15 is 0 Å². The van der Waals surface area contributed by atoms with E-state index in [0.717, 1.165) is 0 Å². The molecule has 0 aliphatic heterocycles. The van der Waals surface area contributed by atoms with Crippen molar-refractivity contribution in [3.8, 4) is 5.75 Å². The number of aryl methyl sites for hydroxylation is 1. The van der Waals surface area contributed by atoms with E-state index in [0.29, 0.717) is 17.7 Å².